The van der Waals surface area contributed by atoms with Crippen LogP contribution < -0.4 is 0 Å². The van der Waals surface area contributed by atoms with Crippen LogP contribution in [0, 0.1) is 71.0 Å². The molecule has 6 bridgehead atoms. The minimum atomic E-state index is -1.35. The van der Waals surface area contributed by atoms with Gasteiger partial charge in [0.2, 0.25) is 24.2 Å². The molecular formula is C61H88O23. The van der Waals surface area contributed by atoms with E-state index in [0.717, 1.165) is 57.8 Å². The van der Waals surface area contributed by atoms with Crippen molar-refractivity contribution < 1.29 is 110 Å². The Morgan fingerprint density at radius 1 is 0.417 bits per heavy atom. The van der Waals surface area contributed by atoms with Gasteiger partial charge >= 0.3 is 35.8 Å². The lowest BCUT2D eigenvalue weighted by Crippen LogP contribution is -2.70. The number of carbonyl (C=O) groups is 6. The summed E-state index contributed by atoms with van der Waals surface area (Å²) in [6, 6.07) is 0. The first kappa shape index (κ1) is 60.7. The standard InChI is InChI=1S/C61H88O23/c1-31-10-13-41-34(4)44(28-45-59(41)38(31)22-25-56(7,76-45)79-82-59)71-49(65)18-16-46(62)68-29-37(70-48(64)20-21-51(67)73-53-36(6)43-15-12-33(3)40-24-27-58(9)78-55(75-53)61(40,43)84-81-58)30-69-47(63)17-19-50(66)72-52-35(5)42-14-11-32(2)39-23-26-57(8)77-54(74-52)60(39,42)83-80-57/h31-45,52-55H,10-30H2,1-9H3/t31-,32-,33-,34-,35-,36-,37?,38+,39+,40+,41+,42+,43+,44-,45+,52-,53-,54-,55-,56-,57+,58-,59-,60-,61-/m1/s1. The topological polar surface area (TPSA) is 259 Å². The van der Waals surface area contributed by atoms with Crippen molar-refractivity contribution in [1.82, 2.24) is 0 Å². The molecule has 0 radical (unpaired) electrons. The van der Waals surface area contributed by atoms with E-state index < -0.39 is 140 Å². The highest BCUT2D eigenvalue weighted by Gasteiger charge is 2.73. The van der Waals surface area contributed by atoms with E-state index in [1.807, 2.05) is 27.7 Å². The lowest BCUT2D eigenvalue weighted by molar-refractivity contribution is -0.576. The zero-order chi connectivity index (χ0) is 59.3. The molecule has 11 saturated heterocycles. The van der Waals surface area contributed by atoms with Crippen LogP contribution in [-0.2, 0) is 110 Å². The van der Waals surface area contributed by atoms with Gasteiger partial charge in [-0.2, -0.15) is 0 Å². The summed E-state index contributed by atoms with van der Waals surface area (Å²) in [5.74, 6) is -6.71. The van der Waals surface area contributed by atoms with Crippen LogP contribution in [-0.4, -0.2) is 127 Å². The van der Waals surface area contributed by atoms with E-state index in [2.05, 4.69) is 27.7 Å². The molecule has 470 valence electrons. The van der Waals surface area contributed by atoms with Crippen molar-refractivity contribution in [1.29, 1.82) is 0 Å². The zero-order valence-electron chi connectivity index (χ0n) is 50.2. The van der Waals surface area contributed by atoms with Crippen molar-refractivity contribution in [2.24, 2.45) is 71.0 Å². The number of fused-ring (bicyclic) bond motifs is 6. The summed E-state index contributed by atoms with van der Waals surface area (Å²) < 4.78 is 66.7. The van der Waals surface area contributed by atoms with Gasteiger partial charge in [0.05, 0.1) is 44.6 Å². The molecule has 1 unspecified atom stereocenters. The highest BCUT2D eigenvalue weighted by Crippen LogP contribution is 2.64. The maximum atomic E-state index is 13.5. The first-order valence-corrected chi connectivity index (χ1v) is 31.5. The van der Waals surface area contributed by atoms with Gasteiger partial charge in [0.25, 0.3) is 0 Å². The van der Waals surface area contributed by atoms with Crippen LogP contribution in [0.15, 0.2) is 0 Å². The van der Waals surface area contributed by atoms with Crippen LogP contribution in [0.4, 0.5) is 0 Å². The summed E-state index contributed by atoms with van der Waals surface area (Å²) in [7, 11) is 0. The number of rotatable bonds is 17. The molecule has 25 atom stereocenters. The third-order valence-corrected chi connectivity index (χ3v) is 22.3. The summed E-state index contributed by atoms with van der Waals surface area (Å²) in [5, 5.41) is 0. The largest absolute Gasteiger partial charge is 0.462 e. The molecule has 23 heteroatoms. The van der Waals surface area contributed by atoms with Crippen molar-refractivity contribution in [3.63, 3.8) is 0 Å². The fourth-order valence-corrected chi connectivity index (χ4v) is 17.7. The molecule has 0 aromatic heterocycles. The fraction of sp³-hybridized carbons (Fsp3) is 0.902. The molecule has 15 aliphatic rings. The summed E-state index contributed by atoms with van der Waals surface area (Å²) in [6.45, 7) is 17.0. The summed E-state index contributed by atoms with van der Waals surface area (Å²) >= 11 is 0. The Morgan fingerprint density at radius 3 is 1.26 bits per heavy atom. The second-order valence-electron chi connectivity index (χ2n) is 27.7. The Kier molecular flexibility index (Phi) is 16.7. The fourth-order valence-electron chi connectivity index (χ4n) is 17.7. The minimum absolute atomic E-state index is 0.0307. The molecule has 23 nitrogen and oxygen atoms in total. The molecule has 11 aliphatic heterocycles. The monoisotopic (exact) mass is 1190 g/mol. The van der Waals surface area contributed by atoms with E-state index in [4.69, 9.17) is 81.4 Å². The van der Waals surface area contributed by atoms with Crippen LogP contribution in [0.25, 0.3) is 0 Å². The number of ether oxygens (including phenoxy) is 11. The molecule has 3 spiro atoms. The third-order valence-electron chi connectivity index (χ3n) is 22.3. The van der Waals surface area contributed by atoms with Crippen LogP contribution in [0.3, 0.4) is 0 Å². The molecule has 4 saturated carbocycles. The SMILES string of the molecule is C[C@H]1[C@H](OC(=O)CCC(=O)OC(COC(=O)CCC(=O)O[C@@H]2O[C@@H]3O[C@]4(C)CC[C@H]5[C@H](C)CC[C@@H]([C@H]2C)[C@@]35OO4)COC(=O)CCC(=O)O[C@@H]2C[C@@H]3O[C@@]4(C)CC[C@H]5[C@H](C)CC[C@@H]([C@H]2C)[C@@]35OO4)O[C@@H]2O[C@@]3(C)CC[C@H]4[C@H](C)CC[C@@H]1[C@@]24OO3. The van der Waals surface area contributed by atoms with E-state index in [1.54, 1.807) is 6.92 Å². The smallest absolute Gasteiger partial charge is 0.308 e. The van der Waals surface area contributed by atoms with Gasteiger partial charge in [0, 0.05) is 55.3 Å². The Balaban J connectivity index is 0.644. The van der Waals surface area contributed by atoms with Gasteiger partial charge in [-0.15, -0.1) is 0 Å². The van der Waals surface area contributed by atoms with Gasteiger partial charge in [-0.05, 0) is 120 Å². The average Bonchev–Trinajstić information content (AvgIpc) is 1.77. The molecule has 0 aromatic carbocycles. The van der Waals surface area contributed by atoms with Crippen molar-refractivity contribution in [3.8, 4) is 0 Å². The Labute approximate surface area is 490 Å². The van der Waals surface area contributed by atoms with E-state index in [0.29, 0.717) is 43.4 Å². The van der Waals surface area contributed by atoms with E-state index in [1.165, 1.54) is 0 Å². The molecule has 0 aromatic rings. The average molecular weight is 1190 g/mol. The van der Waals surface area contributed by atoms with E-state index in [-0.39, 0.29) is 78.6 Å². The molecule has 0 N–H and O–H groups in total. The quantitative estimate of drug-likeness (QED) is 0.0758. The number of hydrogen-bond acceptors (Lipinski definition) is 23. The van der Waals surface area contributed by atoms with Crippen molar-refractivity contribution in [3.05, 3.63) is 0 Å². The molecule has 4 aliphatic carbocycles. The molecule has 0 amide bonds. The van der Waals surface area contributed by atoms with Gasteiger partial charge in [0.1, 0.15) is 24.9 Å². The predicted octanol–water partition coefficient (Wildman–Crippen LogP) is 8.04. The van der Waals surface area contributed by atoms with Crippen LogP contribution in [0.1, 0.15) is 184 Å². The molecular weight excluding hydrogens is 1100 g/mol. The first-order chi connectivity index (χ1) is 40.0. The van der Waals surface area contributed by atoms with Crippen LogP contribution in [0.5, 0.6) is 0 Å². The Bertz CT molecular complexity index is 2400. The molecule has 11 heterocycles. The van der Waals surface area contributed by atoms with Gasteiger partial charge in [-0.1, -0.05) is 41.5 Å². The maximum Gasteiger partial charge on any atom is 0.308 e. The first-order valence-electron chi connectivity index (χ1n) is 31.5. The molecule has 15 rings (SSSR count). The van der Waals surface area contributed by atoms with Crippen molar-refractivity contribution in [2.75, 3.05) is 13.2 Å². The summed E-state index contributed by atoms with van der Waals surface area (Å²) in [6.07, 6.45) is 2.23. The normalized spacial score (nSPS) is 47.8. The number of esters is 6. The summed E-state index contributed by atoms with van der Waals surface area (Å²) in [4.78, 5) is 117. The Morgan fingerprint density at radius 2 is 0.798 bits per heavy atom. The predicted molar refractivity (Wildman–Crippen MR) is 282 cm³/mol. The van der Waals surface area contributed by atoms with Crippen LogP contribution >= 0.6 is 0 Å². The Hall–Kier alpha value is -3.62. The molecule has 15 fully saturated rings. The van der Waals surface area contributed by atoms with Gasteiger partial charge in [-0.25, -0.2) is 29.3 Å². The lowest BCUT2D eigenvalue weighted by atomic mass is 9.53. The van der Waals surface area contributed by atoms with Crippen molar-refractivity contribution in [2.45, 2.75) is 262 Å². The summed E-state index contributed by atoms with van der Waals surface area (Å²) in [5.41, 5.74) is -2.35. The molecule has 84 heavy (non-hydrogen) atoms. The maximum absolute atomic E-state index is 13.5. The van der Waals surface area contributed by atoms with E-state index in [9.17, 15) is 28.8 Å². The lowest BCUT2D eigenvalue weighted by Gasteiger charge is -2.60. The van der Waals surface area contributed by atoms with Crippen LogP contribution in [0.2, 0.25) is 0 Å². The zero-order valence-corrected chi connectivity index (χ0v) is 50.2. The number of hydrogen-bond donors (Lipinski definition) is 0. The van der Waals surface area contributed by atoms with Gasteiger partial charge in [-0.3, -0.25) is 28.8 Å². The second-order valence-corrected chi connectivity index (χ2v) is 27.7. The number of carbonyl (C=O) groups excluding carboxylic acids is 6. The highest BCUT2D eigenvalue weighted by atomic mass is 17.3. The third kappa shape index (κ3) is 10.8. The van der Waals surface area contributed by atoms with Gasteiger partial charge < -0.3 is 52.1 Å². The minimum Gasteiger partial charge on any atom is -0.462 e. The second kappa shape index (κ2) is 23.1. The van der Waals surface area contributed by atoms with Crippen molar-refractivity contribution >= 4 is 35.8 Å². The van der Waals surface area contributed by atoms with E-state index >= 15 is 0 Å². The highest BCUT2D eigenvalue weighted by molar-refractivity contribution is 5.79. The van der Waals surface area contributed by atoms with Gasteiger partial charge in [0.15, 0.2) is 35.7 Å².